The quantitative estimate of drug-likeness (QED) is 0.288. The molecule has 0 bridgehead atoms. The van der Waals surface area contributed by atoms with Crippen LogP contribution in [0.4, 0.5) is 0 Å². The zero-order valence-corrected chi connectivity index (χ0v) is 24.1. The third-order valence-electron chi connectivity index (χ3n) is 4.70. The van der Waals surface area contributed by atoms with Crippen molar-refractivity contribution in [2.75, 3.05) is 0 Å². The topological polar surface area (TPSA) is 24.7 Å². The van der Waals surface area contributed by atoms with Crippen LogP contribution in [0.5, 0.6) is 0 Å². The molecule has 0 saturated carbocycles. The summed E-state index contributed by atoms with van der Waals surface area (Å²) in [6.45, 7) is 29.3. The summed E-state index contributed by atoms with van der Waals surface area (Å²) in [4.78, 5) is 0. The van der Waals surface area contributed by atoms with Crippen LogP contribution in [-0.4, -0.2) is 34.5 Å². The first kappa shape index (κ1) is 21.8. The minimum absolute atomic E-state index is 0.319. The van der Waals surface area contributed by atoms with Crippen molar-refractivity contribution in [3.8, 4) is 0 Å². The van der Waals surface area contributed by atoms with Crippen LogP contribution in [0.2, 0.25) is 13.7 Å². The van der Waals surface area contributed by atoms with E-state index in [0.717, 1.165) is 0 Å². The average molecular weight is 558 g/mol. The zero-order valence-electron chi connectivity index (χ0n) is 16.7. The van der Waals surface area contributed by atoms with Gasteiger partial charge < -0.3 is 0 Å². The number of hydrogen-bond donors (Lipinski definition) is 0. The molecule has 6 heteroatoms. The van der Waals surface area contributed by atoms with E-state index in [0.29, 0.717) is 13.7 Å². The van der Waals surface area contributed by atoms with E-state index in [4.69, 9.17) is 5.17 Å². The van der Waals surface area contributed by atoms with Crippen LogP contribution in [0, 0.1) is 0 Å². The Morgan fingerprint density at radius 2 is 0.727 bits per heavy atom. The molecule has 0 radical (unpaired) electrons. The van der Waals surface area contributed by atoms with Gasteiger partial charge in [-0.3, -0.25) is 0 Å². The van der Waals surface area contributed by atoms with Crippen molar-refractivity contribution < 1.29 is 0 Å². The standard InChI is InChI=1S/4C4H9.N2S.S.2Sn/c4*1-4(2)3;1-3-2;;;/h4*1-3H3;;;;/q;;;;-2;;2*+1. The SMILES string of the molecule is C[C](C)(C)[Sn]1([C](C)(C)C)[N]=S=[N][Sn]([C](C)(C)C)([C](C)(C)C)[S]1. The van der Waals surface area contributed by atoms with Crippen LogP contribution in [0.1, 0.15) is 83.1 Å². The Labute approximate surface area is 152 Å². The predicted molar refractivity (Wildman–Crippen MR) is 110 cm³/mol. The second kappa shape index (κ2) is 6.18. The van der Waals surface area contributed by atoms with Gasteiger partial charge in [-0.15, -0.1) is 0 Å². The second-order valence-electron chi connectivity index (χ2n) is 10.7. The van der Waals surface area contributed by atoms with Crippen molar-refractivity contribution in [3.63, 3.8) is 0 Å². The first-order chi connectivity index (χ1) is 9.41. The molecule has 0 saturated heterocycles. The summed E-state index contributed by atoms with van der Waals surface area (Å²) >= 11 is -4.13. The third-order valence-corrected chi connectivity index (χ3v) is 93.4. The molecule has 1 aliphatic rings. The van der Waals surface area contributed by atoms with Crippen molar-refractivity contribution in [2.45, 2.75) is 96.8 Å². The first-order valence-corrected chi connectivity index (χ1v) is 25.0. The first-order valence-electron chi connectivity index (χ1n) is 8.22. The van der Waals surface area contributed by atoms with Gasteiger partial charge in [0.2, 0.25) is 0 Å². The molecule has 0 unspecified atom stereocenters. The fourth-order valence-corrected chi connectivity index (χ4v) is 159. The molecule has 1 aliphatic heterocycles. The molecule has 2 nitrogen and oxygen atoms in total. The van der Waals surface area contributed by atoms with Crippen molar-refractivity contribution >= 4 is 52.0 Å². The van der Waals surface area contributed by atoms with Crippen molar-refractivity contribution in [1.82, 2.24) is 0 Å². The minimum atomic E-state index is -2.88. The van der Waals surface area contributed by atoms with E-state index in [-0.39, 0.29) is 0 Å². The van der Waals surface area contributed by atoms with Crippen molar-refractivity contribution in [2.24, 2.45) is 5.17 Å². The fourth-order valence-electron chi connectivity index (χ4n) is 3.80. The van der Waals surface area contributed by atoms with Crippen LogP contribution in [0.3, 0.4) is 0 Å². The van der Waals surface area contributed by atoms with E-state index in [1.165, 1.54) is 0 Å². The molecule has 0 amide bonds. The van der Waals surface area contributed by atoms with Crippen LogP contribution in [0.25, 0.3) is 0 Å². The summed E-state index contributed by atoms with van der Waals surface area (Å²) in [6.07, 6.45) is 2.42. The Hall–Kier alpha value is 1.77. The number of nitrogens with zero attached hydrogens (tertiary/aromatic N) is 2. The van der Waals surface area contributed by atoms with Gasteiger partial charge in [-0.2, -0.15) is 0 Å². The molecular formula is C16H36N2S2Sn2. The van der Waals surface area contributed by atoms with Gasteiger partial charge in [0.25, 0.3) is 0 Å². The van der Waals surface area contributed by atoms with Gasteiger partial charge in [0.1, 0.15) is 0 Å². The van der Waals surface area contributed by atoms with Crippen LogP contribution in [0.15, 0.2) is 5.17 Å². The Balaban J connectivity index is 3.72. The predicted octanol–water partition coefficient (Wildman–Crippen LogP) is 7.27. The molecular weight excluding hydrogens is 522 g/mol. The summed E-state index contributed by atoms with van der Waals surface area (Å²) in [5.41, 5.74) is 0. The molecule has 130 valence electrons. The van der Waals surface area contributed by atoms with Gasteiger partial charge in [-0.25, -0.2) is 0 Å². The Morgan fingerprint density at radius 3 is 0.909 bits per heavy atom. The second-order valence-corrected chi connectivity index (χ2v) is 60.4. The molecule has 0 aliphatic carbocycles. The number of rotatable bonds is 0. The summed E-state index contributed by atoms with van der Waals surface area (Å²) in [5, 5.41) is 0. The van der Waals surface area contributed by atoms with Gasteiger partial charge in [0.05, 0.1) is 0 Å². The van der Waals surface area contributed by atoms with E-state index in [1.54, 1.807) is 11.4 Å². The monoisotopic (exact) mass is 560 g/mol. The summed E-state index contributed by atoms with van der Waals surface area (Å²) in [7, 11) is 0. The van der Waals surface area contributed by atoms with Crippen LogP contribution in [-0.2, 0) is 11.4 Å². The molecule has 0 fully saturated rings. The van der Waals surface area contributed by atoms with E-state index >= 15 is 0 Å². The maximum atomic E-state index is 5.30. The number of hydrogen-bond acceptors (Lipinski definition) is 3. The van der Waals surface area contributed by atoms with E-state index in [1.807, 2.05) is 0 Å². The van der Waals surface area contributed by atoms with Gasteiger partial charge in [-0.1, -0.05) is 0 Å². The molecule has 22 heavy (non-hydrogen) atoms. The van der Waals surface area contributed by atoms with Crippen LogP contribution >= 0.6 is 6.13 Å². The molecule has 1 rings (SSSR count). The summed E-state index contributed by atoms with van der Waals surface area (Å²) < 4.78 is 11.9. The van der Waals surface area contributed by atoms with Crippen molar-refractivity contribution in [3.05, 3.63) is 0 Å². The fraction of sp³-hybridized carbons (Fsp3) is 1.00. The molecule has 0 aromatic heterocycles. The molecule has 0 aromatic carbocycles. The molecule has 0 aromatic rings. The van der Waals surface area contributed by atoms with Gasteiger partial charge >= 0.3 is 154 Å². The molecule has 0 atom stereocenters. The average Bonchev–Trinajstić information content (AvgIpc) is 2.22. The van der Waals surface area contributed by atoms with Gasteiger partial charge in [-0.05, 0) is 0 Å². The zero-order chi connectivity index (χ0) is 17.8. The molecule has 0 N–H and O–H groups in total. The molecule has 0 spiro atoms. The van der Waals surface area contributed by atoms with Gasteiger partial charge in [0, 0.05) is 0 Å². The van der Waals surface area contributed by atoms with Crippen LogP contribution < -0.4 is 0 Å². The van der Waals surface area contributed by atoms with Gasteiger partial charge in [0.15, 0.2) is 0 Å². The van der Waals surface area contributed by atoms with E-state index in [2.05, 4.69) is 89.2 Å². The Morgan fingerprint density at radius 1 is 0.500 bits per heavy atom. The Kier molecular flexibility index (Phi) is 6.13. The summed E-state index contributed by atoms with van der Waals surface area (Å²) in [5.74, 6) is 0. The Bertz CT molecular complexity index is 426. The third kappa shape index (κ3) is 3.50. The maximum absolute atomic E-state index is 5.30. The van der Waals surface area contributed by atoms with E-state index < -0.39 is 34.5 Å². The van der Waals surface area contributed by atoms with Crippen molar-refractivity contribution in [1.29, 1.82) is 0 Å². The molecule has 1 heterocycles. The normalized spacial score (nSPS) is 22.4. The van der Waals surface area contributed by atoms with E-state index in [9.17, 15) is 0 Å². The summed E-state index contributed by atoms with van der Waals surface area (Å²) in [6, 6.07) is 0.